The summed E-state index contributed by atoms with van der Waals surface area (Å²) in [6.07, 6.45) is 1.23. The second kappa shape index (κ2) is 4.56. The molecule has 0 unspecified atom stereocenters. The molecule has 6 heteroatoms. The van der Waals surface area contributed by atoms with Gasteiger partial charge < -0.3 is 14.9 Å². The van der Waals surface area contributed by atoms with Gasteiger partial charge in [0, 0.05) is 0 Å². The van der Waals surface area contributed by atoms with E-state index in [0.717, 1.165) is 0 Å². The highest BCUT2D eigenvalue weighted by atomic mass is 16.5. The van der Waals surface area contributed by atoms with E-state index in [1.165, 1.54) is 18.3 Å². The van der Waals surface area contributed by atoms with Crippen molar-refractivity contribution < 1.29 is 19.7 Å². The number of hydrogen-bond acceptors (Lipinski definition) is 4. The average Bonchev–Trinajstić information content (AvgIpc) is 2.76. The van der Waals surface area contributed by atoms with Gasteiger partial charge >= 0.3 is 5.97 Å². The summed E-state index contributed by atoms with van der Waals surface area (Å²) in [6, 6.07) is 6.15. The SMILES string of the molecule is O=C(O)c1cn[nH]c1COc1ccc(O)cc1. The van der Waals surface area contributed by atoms with Crippen molar-refractivity contribution in [2.24, 2.45) is 0 Å². The number of H-pyrrole nitrogens is 1. The largest absolute Gasteiger partial charge is 0.508 e. The van der Waals surface area contributed by atoms with Crippen molar-refractivity contribution in [1.82, 2.24) is 10.2 Å². The zero-order valence-electron chi connectivity index (χ0n) is 8.75. The number of phenolic OH excluding ortho intramolecular Hbond substituents is 1. The number of nitrogens with zero attached hydrogens (tertiary/aromatic N) is 1. The first-order valence-corrected chi connectivity index (χ1v) is 4.84. The van der Waals surface area contributed by atoms with Crippen molar-refractivity contribution >= 4 is 5.97 Å². The van der Waals surface area contributed by atoms with Gasteiger partial charge in [-0.15, -0.1) is 0 Å². The Morgan fingerprint density at radius 3 is 2.71 bits per heavy atom. The number of aromatic nitrogens is 2. The number of nitrogens with one attached hydrogen (secondary N) is 1. The van der Waals surface area contributed by atoms with Crippen molar-refractivity contribution in [2.75, 3.05) is 0 Å². The van der Waals surface area contributed by atoms with Gasteiger partial charge in [-0.25, -0.2) is 4.79 Å². The fourth-order valence-electron chi connectivity index (χ4n) is 1.31. The molecule has 0 aliphatic heterocycles. The minimum absolute atomic E-state index is 0.0758. The standard InChI is InChI=1S/C11H10N2O4/c14-7-1-3-8(4-2-7)17-6-10-9(11(15)16)5-12-13-10/h1-5,14H,6H2,(H,12,13)(H,15,16). The molecule has 6 nitrogen and oxygen atoms in total. The van der Waals surface area contributed by atoms with Gasteiger partial charge in [0.25, 0.3) is 0 Å². The van der Waals surface area contributed by atoms with Crippen molar-refractivity contribution in [3.8, 4) is 11.5 Å². The van der Waals surface area contributed by atoms with Crippen LogP contribution >= 0.6 is 0 Å². The monoisotopic (exact) mass is 234 g/mol. The van der Waals surface area contributed by atoms with E-state index in [9.17, 15) is 4.79 Å². The molecule has 1 aromatic carbocycles. The normalized spacial score (nSPS) is 10.1. The molecule has 0 radical (unpaired) electrons. The third-order valence-electron chi connectivity index (χ3n) is 2.17. The van der Waals surface area contributed by atoms with Crippen LogP contribution in [0.4, 0.5) is 0 Å². The van der Waals surface area contributed by atoms with Crippen LogP contribution in [0.3, 0.4) is 0 Å². The number of aromatic carboxylic acids is 1. The van der Waals surface area contributed by atoms with E-state index in [4.69, 9.17) is 14.9 Å². The molecule has 1 aromatic heterocycles. The molecule has 0 saturated carbocycles. The van der Waals surface area contributed by atoms with E-state index in [-0.39, 0.29) is 17.9 Å². The van der Waals surface area contributed by atoms with Crippen LogP contribution in [0.1, 0.15) is 16.1 Å². The summed E-state index contributed by atoms with van der Waals surface area (Å²) in [6.45, 7) is 0.0758. The summed E-state index contributed by atoms with van der Waals surface area (Å²) in [5, 5.41) is 24.1. The number of carboxylic acid groups (broad SMARTS) is 1. The quantitative estimate of drug-likeness (QED) is 0.743. The van der Waals surface area contributed by atoms with Crippen LogP contribution in [0.5, 0.6) is 11.5 Å². The lowest BCUT2D eigenvalue weighted by Gasteiger charge is -2.05. The summed E-state index contributed by atoms with van der Waals surface area (Å²) < 4.78 is 5.35. The van der Waals surface area contributed by atoms with Crippen LogP contribution in [0.2, 0.25) is 0 Å². The lowest BCUT2D eigenvalue weighted by Crippen LogP contribution is -2.03. The van der Waals surface area contributed by atoms with Crippen LogP contribution in [0.25, 0.3) is 0 Å². The van der Waals surface area contributed by atoms with Crippen LogP contribution in [0.15, 0.2) is 30.5 Å². The van der Waals surface area contributed by atoms with Crippen molar-refractivity contribution in [2.45, 2.75) is 6.61 Å². The lowest BCUT2D eigenvalue weighted by molar-refractivity contribution is 0.0694. The molecule has 0 amide bonds. The van der Waals surface area contributed by atoms with Crippen molar-refractivity contribution in [3.63, 3.8) is 0 Å². The first kappa shape index (κ1) is 11.0. The molecule has 88 valence electrons. The van der Waals surface area contributed by atoms with Gasteiger partial charge in [0.05, 0.1) is 11.9 Å². The maximum atomic E-state index is 10.8. The lowest BCUT2D eigenvalue weighted by atomic mass is 10.2. The van der Waals surface area contributed by atoms with Crippen LogP contribution in [-0.2, 0) is 6.61 Å². The molecule has 0 spiro atoms. The molecule has 2 aromatic rings. The Bertz CT molecular complexity index is 519. The number of aromatic hydroxyl groups is 1. The molecule has 0 saturated heterocycles. The Hall–Kier alpha value is -2.50. The van der Waals surface area contributed by atoms with Crippen LogP contribution < -0.4 is 4.74 Å². The summed E-state index contributed by atoms with van der Waals surface area (Å²) in [5.74, 6) is -0.373. The van der Waals surface area contributed by atoms with Crippen LogP contribution in [-0.4, -0.2) is 26.4 Å². The molecule has 0 aliphatic rings. The first-order chi connectivity index (χ1) is 8.16. The van der Waals surface area contributed by atoms with Crippen molar-refractivity contribution in [3.05, 3.63) is 41.7 Å². The van der Waals surface area contributed by atoms with E-state index in [1.807, 2.05) is 0 Å². The maximum absolute atomic E-state index is 10.8. The van der Waals surface area contributed by atoms with Crippen LogP contribution in [0, 0.1) is 0 Å². The topological polar surface area (TPSA) is 95.4 Å². The number of phenols is 1. The predicted octanol–water partition coefficient (Wildman–Crippen LogP) is 1.39. The zero-order chi connectivity index (χ0) is 12.3. The summed E-state index contributed by atoms with van der Waals surface area (Å²) in [5.41, 5.74) is 0.481. The second-order valence-corrected chi connectivity index (χ2v) is 3.35. The number of carboxylic acids is 1. The number of aromatic amines is 1. The molecule has 3 N–H and O–H groups in total. The van der Waals surface area contributed by atoms with Gasteiger partial charge in [-0.1, -0.05) is 0 Å². The molecular formula is C11H10N2O4. The number of rotatable bonds is 4. The third-order valence-corrected chi connectivity index (χ3v) is 2.17. The van der Waals surface area contributed by atoms with E-state index in [1.54, 1.807) is 12.1 Å². The molecule has 17 heavy (non-hydrogen) atoms. The number of benzene rings is 1. The Balaban J connectivity index is 2.05. The van der Waals surface area contributed by atoms with Gasteiger partial charge in [0.15, 0.2) is 0 Å². The zero-order valence-corrected chi connectivity index (χ0v) is 8.75. The Morgan fingerprint density at radius 1 is 1.35 bits per heavy atom. The fourth-order valence-corrected chi connectivity index (χ4v) is 1.31. The molecule has 0 fully saturated rings. The number of carbonyl (C=O) groups is 1. The van der Waals surface area contributed by atoms with Crippen molar-refractivity contribution in [1.29, 1.82) is 0 Å². The Labute approximate surface area is 96.5 Å². The van der Waals surface area contributed by atoms with E-state index >= 15 is 0 Å². The van der Waals surface area contributed by atoms with E-state index in [2.05, 4.69) is 10.2 Å². The van der Waals surface area contributed by atoms with E-state index in [0.29, 0.717) is 11.4 Å². The van der Waals surface area contributed by atoms with Gasteiger partial charge in [-0.3, -0.25) is 5.10 Å². The molecular weight excluding hydrogens is 224 g/mol. The highest BCUT2D eigenvalue weighted by Crippen LogP contribution is 2.17. The summed E-state index contributed by atoms with van der Waals surface area (Å²) in [4.78, 5) is 10.8. The Morgan fingerprint density at radius 2 is 2.06 bits per heavy atom. The number of hydrogen-bond donors (Lipinski definition) is 3. The smallest absolute Gasteiger partial charge is 0.339 e. The highest BCUT2D eigenvalue weighted by Gasteiger charge is 2.12. The van der Waals surface area contributed by atoms with E-state index < -0.39 is 5.97 Å². The number of ether oxygens (including phenoxy) is 1. The molecule has 0 aliphatic carbocycles. The fraction of sp³-hybridized carbons (Fsp3) is 0.0909. The minimum atomic E-state index is -1.05. The molecule has 0 atom stereocenters. The summed E-state index contributed by atoms with van der Waals surface area (Å²) >= 11 is 0. The maximum Gasteiger partial charge on any atom is 0.339 e. The molecule has 2 rings (SSSR count). The average molecular weight is 234 g/mol. The summed E-state index contributed by atoms with van der Waals surface area (Å²) in [7, 11) is 0. The second-order valence-electron chi connectivity index (χ2n) is 3.35. The minimum Gasteiger partial charge on any atom is -0.508 e. The van der Waals surface area contributed by atoms with Gasteiger partial charge in [0.1, 0.15) is 23.7 Å². The first-order valence-electron chi connectivity index (χ1n) is 4.84. The Kier molecular flexibility index (Phi) is 2.95. The van der Waals surface area contributed by atoms with Gasteiger partial charge in [0.2, 0.25) is 0 Å². The van der Waals surface area contributed by atoms with Gasteiger partial charge in [-0.2, -0.15) is 5.10 Å². The third kappa shape index (κ3) is 2.54. The molecule has 1 heterocycles. The molecule has 0 bridgehead atoms. The van der Waals surface area contributed by atoms with Gasteiger partial charge in [-0.05, 0) is 24.3 Å². The predicted molar refractivity (Wildman–Crippen MR) is 58.0 cm³/mol. The highest BCUT2D eigenvalue weighted by molar-refractivity contribution is 5.88.